The van der Waals surface area contributed by atoms with E-state index in [2.05, 4.69) is 0 Å². The van der Waals surface area contributed by atoms with Crippen molar-refractivity contribution in [3.05, 3.63) is 35.9 Å². The number of fused-ring (bicyclic) bond motifs is 1. The van der Waals surface area contributed by atoms with Gasteiger partial charge < -0.3 is 14.4 Å². The van der Waals surface area contributed by atoms with Crippen LogP contribution in [0.25, 0.3) is 0 Å². The first kappa shape index (κ1) is 12.9. The molecule has 0 N–H and O–H groups in total. The van der Waals surface area contributed by atoms with E-state index in [1.807, 2.05) is 30.3 Å². The van der Waals surface area contributed by atoms with Gasteiger partial charge in [-0.25, -0.2) is 4.79 Å². The lowest BCUT2D eigenvalue weighted by Gasteiger charge is -2.32. The number of morpholine rings is 1. The van der Waals surface area contributed by atoms with E-state index in [-0.39, 0.29) is 25.2 Å². The van der Waals surface area contributed by atoms with E-state index in [4.69, 9.17) is 9.47 Å². The SMILES string of the molecule is O=C1CN(C(=O)OCc2ccccc2)C2COCCN12. The van der Waals surface area contributed by atoms with Crippen molar-refractivity contribution in [3.8, 4) is 0 Å². The minimum absolute atomic E-state index is 0.0463. The molecule has 0 aliphatic carbocycles. The van der Waals surface area contributed by atoms with Crippen molar-refractivity contribution in [3.63, 3.8) is 0 Å². The Labute approximate surface area is 116 Å². The first-order chi connectivity index (χ1) is 9.75. The van der Waals surface area contributed by atoms with Crippen molar-refractivity contribution in [1.82, 2.24) is 9.80 Å². The van der Waals surface area contributed by atoms with Crippen LogP contribution in [0.4, 0.5) is 4.79 Å². The van der Waals surface area contributed by atoms with Gasteiger partial charge in [0.2, 0.25) is 5.91 Å². The molecule has 2 aliphatic heterocycles. The van der Waals surface area contributed by atoms with Crippen LogP contribution in [-0.2, 0) is 20.9 Å². The summed E-state index contributed by atoms with van der Waals surface area (Å²) in [6, 6.07) is 9.46. The molecule has 1 aromatic rings. The third kappa shape index (κ3) is 2.46. The van der Waals surface area contributed by atoms with E-state index in [9.17, 15) is 9.59 Å². The minimum Gasteiger partial charge on any atom is -0.444 e. The maximum Gasteiger partial charge on any atom is 0.412 e. The summed E-state index contributed by atoms with van der Waals surface area (Å²) in [4.78, 5) is 27.0. The first-order valence-electron chi connectivity index (χ1n) is 6.60. The van der Waals surface area contributed by atoms with E-state index in [1.54, 1.807) is 4.90 Å². The highest BCUT2D eigenvalue weighted by Gasteiger charge is 2.42. The van der Waals surface area contributed by atoms with Gasteiger partial charge in [0.05, 0.1) is 13.2 Å². The molecule has 2 heterocycles. The molecule has 2 amide bonds. The van der Waals surface area contributed by atoms with Gasteiger partial charge >= 0.3 is 6.09 Å². The molecule has 1 atom stereocenters. The lowest BCUT2D eigenvalue weighted by Crippen LogP contribution is -2.50. The van der Waals surface area contributed by atoms with Gasteiger partial charge in [0.15, 0.2) is 0 Å². The van der Waals surface area contributed by atoms with Crippen molar-refractivity contribution in [2.24, 2.45) is 0 Å². The topological polar surface area (TPSA) is 59.1 Å². The second-order valence-corrected chi connectivity index (χ2v) is 4.81. The van der Waals surface area contributed by atoms with E-state index < -0.39 is 6.09 Å². The van der Waals surface area contributed by atoms with Gasteiger partial charge in [-0.05, 0) is 5.56 Å². The number of carbonyl (C=O) groups excluding carboxylic acids is 2. The number of carbonyl (C=O) groups is 2. The summed E-state index contributed by atoms with van der Waals surface area (Å²) >= 11 is 0. The number of amides is 2. The summed E-state index contributed by atoms with van der Waals surface area (Å²) in [5.41, 5.74) is 0.920. The standard InChI is InChI=1S/C14H16N2O4/c17-13-8-16(12-10-19-7-6-15(12)13)14(18)20-9-11-4-2-1-3-5-11/h1-5,12H,6-10H2. The zero-order valence-electron chi connectivity index (χ0n) is 11.0. The number of rotatable bonds is 2. The van der Waals surface area contributed by atoms with Crippen molar-refractivity contribution >= 4 is 12.0 Å². The molecule has 1 aromatic carbocycles. The number of hydrogen-bond acceptors (Lipinski definition) is 4. The fourth-order valence-corrected chi connectivity index (χ4v) is 2.47. The average Bonchev–Trinajstić information content (AvgIpc) is 2.84. The molecule has 0 radical (unpaired) electrons. The molecule has 106 valence electrons. The molecule has 20 heavy (non-hydrogen) atoms. The van der Waals surface area contributed by atoms with Crippen LogP contribution in [0.2, 0.25) is 0 Å². The average molecular weight is 276 g/mol. The first-order valence-corrected chi connectivity index (χ1v) is 6.60. The molecule has 2 aliphatic rings. The third-order valence-corrected chi connectivity index (χ3v) is 3.53. The summed E-state index contributed by atoms with van der Waals surface area (Å²) in [5.74, 6) is -0.0463. The highest BCUT2D eigenvalue weighted by molar-refractivity contribution is 5.86. The predicted octanol–water partition coefficient (Wildman–Crippen LogP) is 0.824. The summed E-state index contributed by atoms with van der Waals surface area (Å²) in [5, 5.41) is 0. The zero-order chi connectivity index (χ0) is 13.9. The Kier molecular flexibility index (Phi) is 3.56. The molecule has 0 bridgehead atoms. The Morgan fingerprint density at radius 2 is 2.15 bits per heavy atom. The molecule has 6 heteroatoms. The Hall–Kier alpha value is -2.08. The Morgan fingerprint density at radius 1 is 1.35 bits per heavy atom. The van der Waals surface area contributed by atoms with Crippen LogP contribution < -0.4 is 0 Å². The molecule has 0 saturated carbocycles. The van der Waals surface area contributed by atoms with Crippen LogP contribution in [0, 0.1) is 0 Å². The van der Waals surface area contributed by atoms with Gasteiger partial charge in [-0.3, -0.25) is 9.69 Å². The molecule has 0 spiro atoms. The monoisotopic (exact) mass is 276 g/mol. The number of hydrogen-bond donors (Lipinski definition) is 0. The second-order valence-electron chi connectivity index (χ2n) is 4.81. The summed E-state index contributed by atoms with van der Waals surface area (Å²) in [6.45, 7) is 1.69. The van der Waals surface area contributed by atoms with Crippen LogP contribution in [0.5, 0.6) is 0 Å². The Morgan fingerprint density at radius 3 is 2.95 bits per heavy atom. The van der Waals surface area contributed by atoms with Crippen molar-refractivity contribution < 1.29 is 19.1 Å². The summed E-state index contributed by atoms with van der Waals surface area (Å²) in [6.07, 6.45) is -0.792. The lowest BCUT2D eigenvalue weighted by atomic mass is 10.2. The molecule has 1 unspecified atom stereocenters. The fourth-order valence-electron chi connectivity index (χ4n) is 2.47. The van der Waals surface area contributed by atoms with Gasteiger partial charge in [0.1, 0.15) is 19.3 Å². The number of ether oxygens (including phenoxy) is 2. The van der Waals surface area contributed by atoms with E-state index >= 15 is 0 Å². The zero-order valence-corrected chi connectivity index (χ0v) is 11.0. The van der Waals surface area contributed by atoms with E-state index in [0.717, 1.165) is 5.56 Å². The fraction of sp³-hybridized carbons (Fsp3) is 0.429. The predicted molar refractivity (Wildman–Crippen MR) is 69.7 cm³/mol. The quantitative estimate of drug-likeness (QED) is 0.802. The van der Waals surface area contributed by atoms with Gasteiger partial charge in [0.25, 0.3) is 0 Å². The van der Waals surface area contributed by atoms with Crippen LogP contribution in [0.15, 0.2) is 30.3 Å². The molecular weight excluding hydrogens is 260 g/mol. The summed E-state index contributed by atoms with van der Waals surface area (Å²) < 4.78 is 10.6. The van der Waals surface area contributed by atoms with Crippen molar-refractivity contribution in [2.45, 2.75) is 12.8 Å². The summed E-state index contributed by atoms with van der Waals surface area (Å²) in [7, 11) is 0. The highest BCUT2D eigenvalue weighted by atomic mass is 16.6. The van der Waals surface area contributed by atoms with Gasteiger partial charge in [-0.15, -0.1) is 0 Å². The normalized spacial score (nSPS) is 21.8. The lowest BCUT2D eigenvalue weighted by molar-refractivity contribution is -0.132. The smallest absolute Gasteiger partial charge is 0.412 e. The van der Waals surface area contributed by atoms with Gasteiger partial charge in [0, 0.05) is 6.54 Å². The molecule has 0 aromatic heterocycles. The van der Waals surface area contributed by atoms with E-state index in [0.29, 0.717) is 19.8 Å². The van der Waals surface area contributed by atoms with Crippen LogP contribution in [0.3, 0.4) is 0 Å². The molecule has 6 nitrogen and oxygen atoms in total. The van der Waals surface area contributed by atoms with Gasteiger partial charge in [-0.1, -0.05) is 30.3 Å². The Bertz CT molecular complexity index is 505. The van der Waals surface area contributed by atoms with Crippen molar-refractivity contribution in [1.29, 1.82) is 0 Å². The maximum absolute atomic E-state index is 12.1. The second kappa shape index (κ2) is 5.50. The molecule has 2 fully saturated rings. The Balaban J connectivity index is 1.61. The number of benzene rings is 1. The van der Waals surface area contributed by atoms with Crippen molar-refractivity contribution in [2.75, 3.05) is 26.3 Å². The molecular formula is C14H16N2O4. The van der Waals surface area contributed by atoms with Gasteiger partial charge in [-0.2, -0.15) is 0 Å². The molecule has 2 saturated heterocycles. The third-order valence-electron chi connectivity index (χ3n) is 3.53. The minimum atomic E-state index is -0.472. The van der Waals surface area contributed by atoms with Crippen LogP contribution in [-0.4, -0.2) is 54.3 Å². The van der Waals surface area contributed by atoms with Crippen LogP contribution in [0.1, 0.15) is 5.56 Å². The van der Waals surface area contributed by atoms with Crippen LogP contribution >= 0.6 is 0 Å². The maximum atomic E-state index is 12.1. The molecule has 3 rings (SSSR count). The highest BCUT2D eigenvalue weighted by Crippen LogP contribution is 2.20. The number of nitrogens with zero attached hydrogens (tertiary/aromatic N) is 2. The van der Waals surface area contributed by atoms with E-state index in [1.165, 1.54) is 4.90 Å². The largest absolute Gasteiger partial charge is 0.444 e.